The summed E-state index contributed by atoms with van der Waals surface area (Å²) in [6, 6.07) is 9.48. The molecule has 2 amide bonds. The zero-order valence-corrected chi connectivity index (χ0v) is 15.3. The fourth-order valence-electron chi connectivity index (χ4n) is 1.83. The van der Waals surface area contributed by atoms with Gasteiger partial charge in [-0.05, 0) is 24.7 Å². The Bertz CT molecular complexity index is 549. The number of amidine groups is 1. The first kappa shape index (κ1) is 20.0. The highest BCUT2D eigenvalue weighted by atomic mass is 32.2. The molecule has 0 unspecified atom stereocenters. The fourth-order valence-corrected chi connectivity index (χ4v) is 2.38. The molecule has 24 heavy (non-hydrogen) atoms. The van der Waals surface area contributed by atoms with E-state index in [4.69, 9.17) is 4.74 Å². The van der Waals surface area contributed by atoms with Gasteiger partial charge < -0.3 is 9.64 Å². The normalized spacial score (nSPS) is 11.0. The van der Waals surface area contributed by atoms with Crippen molar-refractivity contribution in [2.24, 2.45) is 4.99 Å². The first-order valence-electron chi connectivity index (χ1n) is 7.89. The molecule has 0 aliphatic carbocycles. The smallest absolute Gasteiger partial charge is 0.412 e. The molecule has 0 atom stereocenters. The highest BCUT2D eigenvalue weighted by Gasteiger charge is 2.07. The number of aliphatic imine (C=N–C) groups is 1. The van der Waals surface area contributed by atoms with Crippen LogP contribution >= 0.6 is 11.8 Å². The summed E-state index contributed by atoms with van der Waals surface area (Å²) in [6.07, 6.45) is 0.219. The lowest BCUT2D eigenvalue weighted by Crippen LogP contribution is -2.29. The van der Waals surface area contributed by atoms with Crippen LogP contribution in [-0.4, -0.2) is 48.0 Å². The molecule has 0 fully saturated rings. The second kappa shape index (κ2) is 11.5. The number of rotatable bonds is 7. The molecule has 0 saturated carbocycles. The topological polar surface area (TPSA) is 71.0 Å². The third-order valence-corrected chi connectivity index (χ3v) is 3.92. The molecule has 7 heteroatoms. The largest absolute Gasteiger partial charge is 0.444 e. The molecule has 132 valence electrons. The molecular weight excluding hydrogens is 326 g/mol. The zero-order chi connectivity index (χ0) is 17.8. The number of thioether (sulfide) groups is 1. The minimum absolute atomic E-state index is 0.0702. The van der Waals surface area contributed by atoms with Gasteiger partial charge in [0.15, 0.2) is 0 Å². The molecule has 6 nitrogen and oxygen atoms in total. The van der Waals surface area contributed by atoms with E-state index in [1.165, 1.54) is 11.8 Å². The van der Waals surface area contributed by atoms with Crippen LogP contribution in [0.5, 0.6) is 0 Å². The lowest BCUT2D eigenvalue weighted by molar-refractivity contribution is 0.145. The molecule has 0 heterocycles. The maximum atomic E-state index is 11.7. The number of carbonyl (C=O) groups excluding carboxylic acids is 2. The lowest BCUT2D eigenvalue weighted by Gasteiger charge is -2.15. The predicted octanol–water partition coefficient (Wildman–Crippen LogP) is 3.53. The minimum Gasteiger partial charge on any atom is -0.444 e. The maximum absolute atomic E-state index is 11.7. The third kappa shape index (κ3) is 8.57. The van der Waals surface area contributed by atoms with E-state index in [2.05, 4.69) is 10.3 Å². The lowest BCUT2D eigenvalue weighted by atomic mass is 10.2. The van der Waals surface area contributed by atoms with Gasteiger partial charge in [-0.2, -0.15) is 0 Å². The first-order chi connectivity index (χ1) is 11.5. The van der Waals surface area contributed by atoms with Crippen LogP contribution in [0.1, 0.15) is 25.8 Å². The number of ether oxygens (including phenoxy) is 1. The van der Waals surface area contributed by atoms with Crippen LogP contribution in [0, 0.1) is 0 Å². The van der Waals surface area contributed by atoms with Crippen molar-refractivity contribution in [2.75, 3.05) is 25.9 Å². The minimum atomic E-state index is -0.522. The number of alkyl carbamates (subject to hydrolysis) is 1. The van der Waals surface area contributed by atoms with Gasteiger partial charge in [-0.25, -0.2) is 4.79 Å². The van der Waals surface area contributed by atoms with Gasteiger partial charge in [-0.1, -0.05) is 49.0 Å². The molecule has 1 N–H and O–H groups in total. The Kier molecular flexibility index (Phi) is 9.60. The number of hydrogen-bond acceptors (Lipinski definition) is 5. The van der Waals surface area contributed by atoms with E-state index in [1.807, 2.05) is 37.3 Å². The van der Waals surface area contributed by atoms with Gasteiger partial charge in [-0.15, -0.1) is 0 Å². The molecule has 1 aromatic rings. The van der Waals surface area contributed by atoms with E-state index in [0.29, 0.717) is 18.9 Å². The Morgan fingerprint density at radius 2 is 2.00 bits per heavy atom. The second-order valence-electron chi connectivity index (χ2n) is 5.13. The molecule has 0 radical (unpaired) electrons. The molecule has 0 aliphatic heterocycles. The Labute approximate surface area is 147 Å². The molecule has 0 bridgehead atoms. The SMILES string of the molecule is CCSC(=O)N(C)CCCN=C(C)NC(=O)OCc1ccccc1. The number of carbonyl (C=O) groups is 2. The van der Waals surface area contributed by atoms with Crippen molar-refractivity contribution in [1.29, 1.82) is 0 Å². The van der Waals surface area contributed by atoms with Crippen LogP contribution in [0.25, 0.3) is 0 Å². The summed E-state index contributed by atoms with van der Waals surface area (Å²) in [5.41, 5.74) is 0.930. The summed E-state index contributed by atoms with van der Waals surface area (Å²) in [7, 11) is 1.78. The Hall–Kier alpha value is -2.02. The molecule has 1 aromatic carbocycles. The molecular formula is C17H25N3O3S. The average Bonchev–Trinajstić information content (AvgIpc) is 2.57. The first-order valence-corrected chi connectivity index (χ1v) is 8.88. The van der Waals surface area contributed by atoms with Gasteiger partial charge in [0.05, 0.1) is 0 Å². The van der Waals surface area contributed by atoms with Crippen LogP contribution in [0.2, 0.25) is 0 Å². The quantitative estimate of drug-likeness (QED) is 0.463. The van der Waals surface area contributed by atoms with E-state index < -0.39 is 6.09 Å². The molecule has 1 rings (SSSR count). The van der Waals surface area contributed by atoms with Gasteiger partial charge >= 0.3 is 6.09 Å². The van der Waals surface area contributed by atoms with E-state index in [1.54, 1.807) is 18.9 Å². The Morgan fingerprint density at radius 1 is 1.29 bits per heavy atom. The van der Waals surface area contributed by atoms with Crippen molar-refractivity contribution in [2.45, 2.75) is 26.9 Å². The number of benzene rings is 1. The van der Waals surface area contributed by atoms with Crippen LogP contribution in [0.4, 0.5) is 9.59 Å². The van der Waals surface area contributed by atoms with E-state index in [-0.39, 0.29) is 11.8 Å². The number of amides is 2. The highest BCUT2D eigenvalue weighted by molar-refractivity contribution is 8.13. The van der Waals surface area contributed by atoms with Gasteiger partial charge in [0.25, 0.3) is 5.24 Å². The van der Waals surface area contributed by atoms with E-state index in [9.17, 15) is 9.59 Å². The summed E-state index contributed by atoms with van der Waals surface area (Å²) in [5, 5.41) is 2.66. The standard InChI is InChI=1S/C17H25N3O3S/c1-4-24-17(22)20(3)12-8-11-18-14(2)19-16(21)23-13-15-9-6-5-7-10-15/h5-7,9-10H,4,8,11-13H2,1-3H3,(H,18,19,21). The average molecular weight is 351 g/mol. The summed E-state index contributed by atoms with van der Waals surface area (Å²) >= 11 is 1.29. The van der Waals surface area contributed by atoms with Crippen LogP contribution < -0.4 is 5.32 Å². The van der Waals surface area contributed by atoms with Crippen molar-refractivity contribution in [1.82, 2.24) is 10.2 Å². The monoisotopic (exact) mass is 351 g/mol. The highest BCUT2D eigenvalue weighted by Crippen LogP contribution is 2.06. The molecule has 0 spiro atoms. The zero-order valence-electron chi connectivity index (χ0n) is 14.4. The van der Waals surface area contributed by atoms with E-state index >= 15 is 0 Å². The fraction of sp³-hybridized carbons (Fsp3) is 0.471. The summed E-state index contributed by atoms with van der Waals surface area (Å²) in [6.45, 7) is 5.07. The summed E-state index contributed by atoms with van der Waals surface area (Å²) < 4.78 is 5.12. The van der Waals surface area contributed by atoms with Crippen molar-refractivity contribution in [3.05, 3.63) is 35.9 Å². The van der Waals surface area contributed by atoms with Gasteiger partial charge in [0, 0.05) is 20.1 Å². The van der Waals surface area contributed by atoms with Crippen molar-refractivity contribution < 1.29 is 14.3 Å². The predicted molar refractivity (Wildman–Crippen MR) is 98.5 cm³/mol. The van der Waals surface area contributed by atoms with Gasteiger partial charge in [0.2, 0.25) is 0 Å². The number of nitrogens with one attached hydrogen (secondary N) is 1. The van der Waals surface area contributed by atoms with Crippen molar-refractivity contribution in [3.63, 3.8) is 0 Å². The summed E-state index contributed by atoms with van der Waals surface area (Å²) in [5.74, 6) is 1.28. The van der Waals surface area contributed by atoms with Crippen LogP contribution in [-0.2, 0) is 11.3 Å². The third-order valence-electron chi connectivity index (χ3n) is 3.08. The Morgan fingerprint density at radius 3 is 2.67 bits per heavy atom. The van der Waals surface area contributed by atoms with Gasteiger partial charge in [-0.3, -0.25) is 15.1 Å². The molecule has 0 aromatic heterocycles. The van der Waals surface area contributed by atoms with E-state index in [0.717, 1.165) is 17.7 Å². The number of hydrogen-bond donors (Lipinski definition) is 1. The Balaban J connectivity index is 2.21. The van der Waals surface area contributed by atoms with Crippen molar-refractivity contribution >= 4 is 28.9 Å². The van der Waals surface area contributed by atoms with Crippen LogP contribution in [0.3, 0.4) is 0 Å². The van der Waals surface area contributed by atoms with Crippen LogP contribution in [0.15, 0.2) is 35.3 Å². The second-order valence-corrected chi connectivity index (χ2v) is 6.34. The maximum Gasteiger partial charge on any atom is 0.412 e. The van der Waals surface area contributed by atoms with Crippen molar-refractivity contribution in [3.8, 4) is 0 Å². The summed E-state index contributed by atoms with van der Waals surface area (Å²) in [4.78, 5) is 29.2. The molecule has 0 saturated heterocycles. The number of nitrogens with zero attached hydrogens (tertiary/aromatic N) is 2. The molecule has 0 aliphatic rings. The van der Waals surface area contributed by atoms with Gasteiger partial charge in [0.1, 0.15) is 12.4 Å².